The predicted molar refractivity (Wildman–Crippen MR) is 157 cm³/mol. The molecule has 8 nitrogen and oxygen atoms in total. The number of aromatic amines is 1. The summed E-state index contributed by atoms with van der Waals surface area (Å²) in [5, 5.41) is 0. The van der Waals surface area contributed by atoms with Gasteiger partial charge in [-0.15, -0.1) is 0 Å². The Balaban J connectivity index is 1.42. The number of piperazine rings is 1. The molecule has 1 unspecified atom stereocenters. The maximum absolute atomic E-state index is 15.2. The van der Waals surface area contributed by atoms with Gasteiger partial charge in [-0.2, -0.15) is 0 Å². The molecule has 9 heteroatoms. The highest BCUT2D eigenvalue weighted by molar-refractivity contribution is 6.09. The topological polar surface area (TPSA) is 86.7 Å². The highest BCUT2D eigenvalue weighted by Gasteiger charge is 2.29. The number of benzene rings is 1. The number of pyridine rings is 1. The molecule has 0 radical (unpaired) electrons. The third-order valence-corrected chi connectivity index (χ3v) is 7.97. The molecule has 1 fully saturated rings. The van der Waals surface area contributed by atoms with Crippen LogP contribution in [-0.2, 0) is 6.42 Å². The fourth-order valence-corrected chi connectivity index (χ4v) is 5.47. The minimum atomic E-state index is -0.512. The van der Waals surface area contributed by atoms with Gasteiger partial charge in [0.1, 0.15) is 5.82 Å². The van der Waals surface area contributed by atoms with Gasteiger partial charge >= 0.3 is 0 Å². The zero-order valence-corrected chi connectivity index (χ0v) is 23.5. The van der Waals surface area contributed by atoms with E-state index in [2.05, 4.69) is 50.7 Å². The third kappa shape index (κ3) is 6.21. The Morgan fingerprint density at radius 1 is 1.10 bits per heavy atom. The van der Waals surface area contributed by atoms with Crippen LogP contribution in [0.1, 0.15) is 49.1 Å². The fourth-order valence-electron chi connectivity index (χ4n) is 5.47. The highest BCUT2D eigenvalue weighted by Crippen LogP contribution is 2.35. The number of H-pyrrole nitrogens is 1. The van der Waals surface area contributed by atoms with Crippen molar-refractivity contribution in [1.29, 1.82) is 0 Å². The summed E-state index contributed by atoms with van der Waals surface area (Å²) in [5.41, 5.74) is 4.08. The standard InChI is InChI=1S/C31H37FN6O2/c1-4-22-16-23(27-19-33-20-28(36-27)40-3)17-25-26(32)18-34-31(39)29(25)30(22)35-24-8-6-21(7-9-24)10-11-38-14-12-37(5-2)13-15-38/h6-9,17-20,22H,4-5,10-16H2,1-3H3,(H,34,39). The zero-order chi connectivity index (χ0) is 28.1. The summed E-state index contributed by atoms with van der Waals surface area (Å²) in [5.74, 6) is -0.258. The van der Waals surface area contributed by atoms with Crippen LogP contribution in [0.15, 0.2) is 52.6 Å². The van der Waals surface area contributed by atoms with E-state index in [1.165, 1.54) is 18.9 Å². The number of allylic oxidation sites excluding steroid dienone is 1. The van der Waals surface area contributed by atoms with Gasteiger partial charge in [-0.1, -0.05) is 26.0 Å². The van der Waals surface area contributed by atoms with Gasteiger partial charge in [-0.25, -0.2) is 9.37 Å². The lowest BCUT2D eigenvalue weighted by Gasteiger charge is -2.34. The Labute approximate surface area is 234 Å². The van der Waals surface area contributed by atoms with E-state index in [-0.39, 0.29) is 22.6 Å². The molecule has 0 saturated carbocycles. The first kappa shape index (κ1) is 27.9. The van der Waals surface area contributed by atoms with Crippen LogP contribution in [0.4, 0.5) is 10.1 Å². The lowest BCUT2D eigenvalue weighted by molar-refractivity contribution is 0.138. The van der Waals surface area contributed by atoms with Crippen molar-refractivity contribution in [3.8, 4) is 5.88 Å². The number of fused-ring (bicyclic) bond motifs is 1. The van der Waals surface area contributed by atoms with Crippen LogP contribution in [-0.4, -0.2) is 76.8 Å². The number of nitrogens with zero attached hydrogens (tertiary/aromatic N) is 5. The van der Waals surface area contributed by atoms with Crippen LogP contribution in [0, 0.1) is 11.7 Å². The number of aliphatic imine (C=N–C) groups is 1. The summed E-state index contributed by atoms with van der Waals surface area (Å²) in [6.07, 6.45) is 8.20. The second-order valence-electron chi connectivity index (χ2n) is 10.4. The van der Waals surface area contributed by atoms with E-state index >= 15 is 4.39 Å². The van der Waals surface area contributed by atoms with Gasteiger partial charge in [-0.3, -0.25) is 14.8 Å². The number of nitrogens with one attached hydrogen (secondary N) is 1. The van der Waals surface area contributed by atoms with E-state index in [1.807, 2.05) is 12.1 Å². The molecule has 1 aromatic carbocycles. The zero-order valence-electron chi connectivity index (χ0n) is 23.5. The minimum absolute atomic E-state index is 0.120. The summed E-state index contributed by atoms with van der Waals surface area (Å²) in [6.45, 7) is 10.9. The molecule has 1 aliphatic heterocycles. The Kier molecular flexibility index (Phi) is 8.81. The monoisotopic (exact) mass is 544 g/mol. The molecule has 1 saturated heterocycles. The van der Waals surface area contributed by atoms with E-state index in [0.717, 1.165) is 63.1 Å². The molecule has 0 bridgehead atoms. The van der Waals surface area contributed by atoms with Crippen LogP contribution in [0.25, 0.3) is 11.6 Å². The number of ether oxygens (including phenoxy) is 1. The molecule has 5 rings (SSSR count). The van der Waals surface area contributed by atoms with Gasteiger partial charge in [0.05, 0.1) is 42.2 Å². The normalized spacial score (nSPS) is 19.2. The van der Waals surface area contributed by atoms with Crippen molar-refractivity contribution < 1.29 is 9.13 Å². The van der Waals surface area contributed by atoms with Gasteiger partial charge in [0.2, 0.25) is 5.88 Å². The van der Waals surface area contributed by atoms with E-state index in [0.29, 0.717) is 30.1 Å². The van der Waals surface area contributed by atoms with Crippen molar-refractivity contribution >= 4 is 23.0 Å². The summed E-state index contributed by atoms with van der Waals surface area (Å²) in [6, 6.07) is 8.19. The number of aromatic nitrogens is 3. The Bertz CT molecular complexity index is 1440. The van der Waals surface area contributed by atoms with E-state index in [9.17, 15) is 4.79 Å². The number of rotatable bonds is 8. The number of hydrogen-bond acceptors (Lipinski definition) is 7. The maximum Gasteiger partial charge on any atom is 0.257 e. The Hall–Kier alpha value is -3.69. The molecule has 1 aliphatic carbocycles. The predicted octanol–water partition coefficient (Wildman–Crippen LogP) is 4.58. The molecule has 2 aliphatic rings. The second-order valence-corrected chi connectivity index (χ2v) is 10.4. The minimum Gasteiger partial charge on any atom is -0.480 e. The SMILES string of the molecule is CCC1CC(c2cncc(OC)n2)=Cc2c(F)c[nH]c(=O)c2C1=Nc1ccc(CCN2CCN(CC)CC2)cc1. The van der Waals surface area contributed by atoms with Crippen molar-refractivity contribution in [2.24, 2.45) is 10.9 Å². The van der Waals surface area contributed by atoms with Crippen molar-refractivity contribution in [2.45, 2.75) is 33.1 Å². The summed E-state index contributed by atoms with van der Waals surface area (Å²) in [7, 11) is 1.53. The van der Waals surface area contributed by atoms with Gasteiger partial charge in [0.25, 0.3) is 5.56 Å². The fraction of sp³-hybridized carbons (Fsp3) is 0.419. The summed E-state index contributed by atoms with van der Waals surface area (Å²) in [4.78, 5) is 34.4. The lowest BCUT2D eigenvalue weighted by Crippen LogP contribution is -2.46. The van der Waals surface area contributed by atoms with Crippen LogP contribution >= 0.6 is 0 Å². The Morgan fingerprint density at radius 3 is 2.55 bits per heavy atom. The number of likely N-dealkylation sites (N-methyl/N-ethyl adjacent to an activating group) is 1. The molecule has 2 aromatic heterocycles. The smallest absolute Gasteiger partial charge is 0.257 e. The van der Waals surface area contributed by atoms with Gasteiger partial charge < -0.3 is 19.5 Å². The van der Waals surface area contributed by atoms with Crippen LogP contribution in [0.3, 0.4) is 0 Å². The molecule has 3 aromatic rings. The average molecular weight is 545 g/mol. The highest BCUT2D eigenvalue weighted by atomic mass is 19.1. The lowest BCUT2D eigenvalue weighted by atomic mass is 9.90. The van der Waals surface area contributed by atoms with Gasteiger partial charge in [0, 0.05) is 50.4 Å². The third-order valence-electron chi connectivity index (χ3n) is 7.97. The van der Waals surface area contributed by atoms with Crippen molar-refractivity contribution in [2.75, 3.05) is 46.4 Å². The van der Waals surface area contributed by atoms with E-state index < -0.39 is 5.82 Å². The number of halogens is 1. The van der Waals surface area contributed by atoms with Crippen LogP contribution in [0.2, 0.25) is 0 Å². The Morgan fingerprint density at radius 2 is 1.85 bits per heavy atom. The van der Waals surface area contributed by atoms with Crippen molar-refractivity contribution in [3.63, 3.8) is 0 Å². The largest absolute Gasteiger partial charge is 0.480 e. The summed E-state index contributed by atoms with van der Waals surface area (Å²) < 4.78 is 20.5. The first-order chi connectivity index (χ1) is 19.5. The molecule has 3 heterocycles. The summed E-state index contributed by atoms with van der Waals surface area (Å²) >= 11 is 0. The number of methoxy groups -OCH3 is 1. The van der Waals surface area contributed by atoms with E-state index in [4.69, 9.17) is 9.73 Å². The molecular formula is C31H37FN6O2. The van der Waals surface area contributed by atoms with Crippen molar-refractivity contribution in [3.05, 3.63) is 81.4 Å². The molecule has 40 heavy (non-hydrogen) atoms. The van der Waals surface area contributed by atoms with Gasteiger partial charge in [0.15, 0.2) is 0 Å². The molecular weight excluding hydrogens is 507 g/mol. The van der Waals surface area contributed by atoms with Gasteiger partial charge in [-0.05, 0) is 55.2 Å². The average Bonchev–Trinajstić information content (AvgIpc) is 3.16. The molecule has 0 amide bonds. The molecule has 210 valence electrons. The van der Waals surface area contributed by atoms with E-state index in [1.54, 1.807) is 12.3 Å². The maximum atomic E-state index is 15.2. The molecule has 1 N–H and O–H groups in total. The first-order valence-corrected chi connectivity index (χ1v) is 14.1. The van der Waals surface area contributed by atoms with Crippen LogP contribution in [0.5, 0.6) is 5.88 Å². The molecule has 1 atom stereocenters. The van der Waals surface area contributed by atoms with Crippen LogP contribution < -0.4 is 10.3 Å². The molecule has 0 spiro atoms. The van der Waals surface area contributed by atoms with Crippen molar-refractivity contribution in [1.82, 2.24) is 24.8 Å². The first-order valence-electron chi connectivity index (χ1n) is 14.1. The number of hydrogen-bond donors (Lipinski definition) is 1. The quantitative estimate of drug-likeness (QED) is 0.447. The second kappa shape index (κ2) is 12.7.